The van der Waals surface area contributed by atoms with E-state index in [2.05, 4.69) is 5.32 Å². The summed E-state index contributed by atoms with van der Waals surface area (Å²) in [6, 6.07) is 7.29. The van der Waals surface area contributed by atoms with Gasteiger partial charge in [0.1, 0.15) is 5.92 Å². The summed E-state index contributed by atoms with van der Waals surface area (Å²) >= 11 is 11.8. The Kier molecular flexibility index (Phi) is 6.69. The molecule has 1 unspecified atom stereocenters. The number of rotatable bonds is 6. The molecule has 1 N–H and O–H groups in total. The third-order valence-electron chi connectivity index (χ3n) is 2.76. The quantitative estimate of drug-likeness (QED) is 0.872. The SMILES string of the molecule is CCCC(C#N)C(=O)NCCc1ccc(Cl)cc1Cl. The summed E-state index contributed by atoms with van der Waals surface area (Å²) in [7, 11) is 0. The summed E-state index contributed by atoms with van der Waals surface area (Å²) in [5, 5.41) is 12.8. The molecule has 19 heavy (non-hydrogen) atoms. The highest BCUT2D eigenvalue weighted by Crippen LogP contribution is 2.21. The van der Waals surface area contributed by atoms with Gasteiger partial charge in [-0.25, -0.2) is 0 Å². The number of carbonyl (C=O) groups is 1. The molecular weight excluding hydrogens is 283 g/mol. The highest BCUT2D eigenvalue weighted by atomic mass is 35.5. The summed E-state index contributed by atoms with van der Waals surface area (Å²) in [4.78, 5) is 11.7. The molecule has 0 bridgehead atoms. The highest BCUT2D eigenvalue weighted by Gasteiger charge is 2.15. The van der Waals surface area contributed by atoms with E-state index in [1.54, 1.807) is 12.1 Å². The number of halogens is 2. The Balaban J connectivity index is 2.46. The van der Waals surface area contributed by atoms with E-state index in [-0.39, 0.29) is 5.91 Å². The van der Waals surface area contributed by atoms with Crippen molar-refractivity contribution in [2.75, 3.05) is 6.54 Å². The van der Waals surface area contributed by atoms with Crippen molar-refractivity contribution in [2.45, 2.75) is 26.2 Å². The van der Waals surface area contributed by atoms with E-state index in [4.69, 9.17) is 28.5 Å². The fraction of sp³-hybridized carbons (Fsp3) is 0.429. The Hall–Kier alpha value is -1.24. The van der Waals surface area contributed by atoms with E-state index in [1.807, 2.05) is 19.1 Å². The Bertz CT molecular complexity index is 483. The molecule has 0 saturated carbocycles. The molecule has 1 rings (SSSR count). The number of carbonyl (C=O) groups excluding carboxylic acids is 1. The predicted octanol–water partition coefficient (Wildman–Crippen LogP) is 3.59. The Labute approximate surface area is 123 Å². The molecule has 0 heterocycles. The van der Waals surface area contributed by atoms with Gasteiger partial charge >= 0.3 is 0 Å². The van der Waals surface area contributed by atoms with E-state index < -0.39 is 5.92 Å². The topological polar surface area (TPSA) is 52.9 Å². The molecule has 0 aliphatic heterocycles. The third kappa shape index (κ3) is 5.10. The minimum absolute atomic E-state index is 0.213. The molecule has 1 amide bonds. The summed E-state index contributed by atoms with van der Waals surface area (Å²) in [5.74, 6) is -0.778. The van der Waals surface area contributed by atoms with Crippen molar-refractivity contribution >= 4 is 29.1 Å². The van der Waals surface area contributed by atoms with Crippen molar-refractivity contribution < 1.29 is 4.79 Å². The van der Waals surface area contributed by atoms with Gasteiger partial charge in [0, 0.05) is 16.6 Å². The average Bonchev–Trinajstić information content (AvgIpc) is 2.38. The lowest BCUT2D eigenvalue weighted by molar-refractivity contribution is -0.123. The van der Waals surface area contributed by atoms with Crippen LogP contribution in [-0.2, 0) is 11.2 Å². The second-order valence-corrected chi connectivity index (χ2v) is 5.09. The molecule has 5 heteroatoms. The molecule has 1 aromatic carbocycles. The van der Waals surface area contributed by atoms with Crippen molar-refractivity contribution in [2.24, 2.45) is 5.92 Å². The largest absolute Gasteiger partial charge is 0.355 e. The zero-order chi connectivity index (χ0) is 14.3. The van der Waals surface area contributed by atoms with E-state index in [9.17, 15) is 4.79 Å². The molecule has 102 valence electrons. The second kappa shape index (κ2) is 8.04. The van der Waals surface area contributed by atoms with Gasteiger partial charge in [-0.15, -0.1) is 0 Å². The maximum absolute atomic E-state index is 11.7. The van der Waals surface area contributed by atoms with Gasteiger partial charge in [0.15, 0.2) is 0 Å². The standard InChI is InChI=1S/C14H16Cl2N2O/c1-2-3-11(9-17)14(19)18-7-6-10-4-5-12(15)8-13(10)16/h4-5,8,11H,2-3,6-7H2,1H3,(H,18,19). The summed E-state index contributed by atoms with van der Waals surface area (Å²) < 4.78 is 0. The van der Waals surface area contributed by atoms with E-state index >= 15 is 0 Å². The fourth-order valence-electron chi connectivity index (χ4n) is 1.71. The first-order valence-electron chi connectivity index (χ1n) is 6.19. The van der Waals surface area contributed by atoms with Crippen LogP contribution < -0.4 is 5.32 Å². The number of amides is 1. The first-order valence-corrected chi connectivity index (χ1v) is 6.95. The van der Waals surface area contributed by atoms with Crippen LogP contribution in [0.25, 0.3) is 0 Å². The Morgan fingerprint density at radius 1 is 1.47 bits per heavy atom. The first kappa shape index (κ1) is 15.8. The molecular formula is C14H16Cl2N2O. The zero-order valence-corrected chi connectivity index (χ0v) is 12.3. The highest BCUT2D eigenvalue weighted by molar-refractivity contribution is 6.35. The van der Waals surface area contributed by atoms with E-state index in [0.717, 1.165) is 12.0 Å². The molecule has 3 nitrogen and oxygen atoms in total. The Morgan fingerprint density at radius 2 is 2.21 bits per heavy atom. The number of nitrogens with zero attached hydrogens (tertiary/aromatic N) is 1. The zero-order valence-electron chi connectivity index (χ0n) is 10.7. The van der Waals surface area contributed by atoms with Crippen LogP contribution in [0.1, 0.15) is 25.3 Å². The van der Waals surface area contributed by atoms with E-state index in [0.29, 0.717) is 29.4 Å². The second-order valence-electron chi connectivity index (χ2n) is 4.25. The van der Waals surface area contributed by atoms with Gasteiger partial charge in [0.25, 0.3) is 0 Å². The van der Waals surface area contributed by atoms with Crippen LogP contribution in [0.2, 0.25) is 10.0 Å². The van der Waals surface area contributed by atoms with Crippen LogP contribution in [0, 0.1) is 17.2 Å². The maximum atomic E-state index is 11.7. The minimum atomic E-state index is -0.564. The van der Waals surface area contributed by atoms with Crippen molar-refractivity contribution in [3.8, 4) is 6.07 Å². The summed E-state index contributed by atoms with van der Waals surface area (Å²) in [5.41, 5.74) is 0.926. The van der Waals surface area contributed by atoms with Gasteiger partial charge in [-0.1, -0.05) is 42.6 Å². The van der Waals surface area contributed by atoms with Crippen LogP contribution in [0.5, 0.6) is 0 Å². The number of nitriles is 1. The number of nitrogens with one attached hydrogen (secondary N) is 1. The van der Waals surface area contributed by atoms with Crippen molar-refractivity contribution in [1.82, 2.24) is 5.32 Å². The normalized spacial score (nSPS) is 11.7. The molecule has 0 aliphatic carbocycles. The van der Waals surface area contributed by atoms with Gasteiger partial charge in [0.05, 0.1) is 6.07 Å². The minimum Gasteiger partial charge on any atom is -0.355 e. The van der Waals surface area contributed by atoms with Crippen molar-refractivity contribution in [3.63, 3.8) is 0 Å². The number of hydrogen-bond acceptors (Lipinski definition) is 2. The molecule has 0 saturated heterocycles. The van der Waals surface area contributed by atoms with Crippen molar-refractivity contribution in [3.05, 3.63) is 33.8 Å². The van der Waals surface area contributed by atoms with Crippen molar-refractivity contribution in [1.29, 1.82) is 5.26 Å². The van der Waals surface area contributed by atoms with Crippen LogP contribution in [-0.4, -0.2) is 12.5 Å². The monoisotopic (exact) mass is 298 g/mol. The smallest absolute Gasteiger partial charge is 0.237 e. The lowest BCUT2D eigenvalue weighted by Crippen LogP contribution is -2.31. The van der Waals surface area contributed by atoms with Crippen LogP contribution in [0.15, 0.2) is 18.2 Å². The molecule has 1 aromatic rings. The van der Waals surface area contributed by atoms with Crippen LogP contribution in [0.4, 0.5) is 0 Å². The number of benzene rings is 1. The molecule has 1 atom stereocenters. The van der Waals surface area contributed by atoms with Gasteiger partial charge in [0.2, 0.25) is 5.91 Å². The fourth-order valence-corrected chi connectivity index (χ4v) is 2.21. The molecule has 0 aliphatic rings. The lowest BCUT2D eigenvalue weighted by Gasteiger charge is -2.10. The van der Waals surface area contributed by atoms with Gasteiger partial charge in [-0.3, -0.25) is 4.79 Å². The van der Waals surface area contributed by atoms with Gasteiger partial charge < -0.3 is 5.32 Å². The van der Waals surface area contributed by atoms with Crippen LogP contribution in [0.3, 0.4) is 0 Å². The van der Waals surface area contributed by atoms with Gasteiger partial charge in [-0.05, 0) is 30.5 Å². The molecule has 0 fully saturated rings. The predicted molar refractivity (Wildman–Crippen MR) is 77.2 cm³/mol. The molecule has 0 aromatic heterocycles. The Morgan fingerprint density at radius 3 is 2.79 bits per heavy atom. The average molecular weight is 299 g/mol. The molecule has 0 radical (unpaired) electrons. The maximum Gasteiger partial charge on any atom is 0.237 e. The third-order valence-corrected chi connectivity index (χ3v) is 3.35. The number of hydrogen-bond donors (Lipinski definition) is 1. The summed E-state index contributed by atoms with van der Waals surface area (Å²) in [6.45, 7) is 2.41. The first-order chi connectivity index (χ1) is 9.08. The molecule has 0 spiro atoms. The van der Waals surface area contributed by atoms with Gasteiger partial charge in [-0.2, -0.15) is 5.26 Å². The summed E-state index contributed by atoms with van der Waals surface area (Å²) in [6.07, 6.45) is 2.02. The van der Waals surface area contributed by atoms with Crippen LogP contribution >= 0.6 is 23.2 Å². The van der Waals surface area contributed by atoms with E-state index in [1.165, 1.54) is 0 Å². The lowest BCUT2D eigenvalue weighted by atomic mass is 10.0.